The van der Waals surface area contributed by atoms with Crippen LogP contribution in [0.5, 0.6) is 11.5 Å². The van der Waals surface area contributed by atoms with Crippen molar-refractivity contribution >= 4 is 26.0 Å². The fourth-order valence-electron chi connectivity index (χ4n) is 2.69. The van der Waals surface area contributed by atoms with Crippen LogP contribution < -0.4 is 14.2 Å². The monoisotopic (exact) mass is 470 g/mol. The Hall–Kier alpha value is -1.61. The lowest BCUT2D eigenvalue weighted by molar-refractivity contribution is 0.221. The second-order valence-electron chi connectivity index (χ2n) is 6.10. The van der Waals surface area contributed by atoms with Crippen molar-refractivity contribution in [3.8, 4) is 11.5 Å². The number of hydrogen-bond donors (Lipinski definition) is 1. The maximum Gasteiger partial charge on any atom is 0.240 e. The zero-order chi connectivity index (χ0) is 20.6. The molecule has 0 radical (unpaired) electrons. The van der Waals surface area contributed by atoms with Gasteiger partial charge in [0.15, 0.2) is 0 Å². The third-order valence-corrected chi connectivity index (χ3v) is 6.44. The number of sulfonamides is 1. The Morgan fingerprint density at radius 2 is 1.79 bits per heavy atom. The van der Waals surface area contributed by atoms with E-state index in [1.54, 1.807) is 6.07 Å². The second-order valence-corrected chi connectivity index (χ2v) is 8.73. The summed E-state index contributed by atoms with van der Waals surface area (Å²) < 4.78 is 39.5. The van der Waals surface area contributed by atoms with Crippen LogP contribution in [-0.4, -0.2) is 46.7 Å². The summed E-state index contributed by atoms with van der Waals surface area (Å²) in [5, 5.41) is 0. The van der Waals surface area contributed by atoms with Gasteiger partial charge in [-0.2, -0.15) is 0 Å². The molecular weight excluding hydrogens is 444 g/mol. The van der Waals surface area contributed by atoms with E-state index in [4.69, 9.17) is 9.47 Å². The summed E-state index contributed by atoms with van der Waals surface area (Å²) in [6, 6.07) is 12.1. The number of hydrogen-bond acceptors (Lipinski definition) is 5. The summed E-state index contributed by atoms with van der Waals surface area (Å²) in [5.41, 5.74) is 0.790. The predicted octanol–water partition coefficient (Wildman–Crippen LogP) is 3.66. The highest BCUT2D eigenvalue weighted by molar-refractivity contribution is 9.10. The minimum absolute atomic E-state index is 0.146. The third-order valence-electron chi connectivity index (χ3n) is 4.42. The van der Waals surface area contributed by atoms with Gasteiger partial charge in [-0.1, -0.05) is 32.0 Å². The average Bonchev–Trinajstić information content (AvgIpc) is 2.70. The van der Waals surface area contributed by atoms with Crippen molar-refractivity contribution < 1.29 is 17.9 Å². The number of likely N-dealkylation sites (N-methyl/N-ethyl adjacent to an activating group) is 1. The molecule has 0 aliphatic rings. The number of methoxy groups -OCH3 is 1. The number of nitrogens with zero attached hydrogens (tertiary/aromatic N) is 1. The maximum atomic E-state index is 12.6. The number of nitrogens with one attached hydrogen (secondary N) is 1. The third kappa shape index (κ3) is 6.20. The molecule has 0 amide bonds. The quantitative estimate of drug-likeness (QED) is 0.542. The van der Waals surface area contributed by atoms with Gasteiger partial charge >= 0.3 is 0 Å². The standard InChI is InChI=1S/C20H27BrN2O4S/c1-4-23(5-2)12-13-27-19-9-7-6-8-16(19)15-22-28(24,25)17-10-11-20(26-3)18(21)14-17/h6-11,14,22H,4-5,12-13,15H2,1-3H3. The van der Waals surface area contributed by atoms with Gasteiger partial charge in [-0.15, -0.1) is 0 Å². The summed E-state index contributed by atoms with van der Waals surface area (Å²) >= 11 is 3.32. The van der Waals surface area contributed by atoms with Crippen LogP contribution in [0.2, 0.25) is 0 Å². The molecule has 0 atom stereocenters. The van der Waals surface area contributed by atoms with Gasteiger partial charge < -0.3 is 14.4 Å². The Balaban J connectivity index is 2.04. The lowest BCUT2D eigenvalue weighted by atomic mass is 10.2. The molecule has 6 nitrogen and oxygen atoms in total. The molecule has 2 rings (SSSR count). The molecule has 0 unspecified atom stereocenters. The van der Waals surface area contributed by atoms with Crippen LogP contribution in [0.15, 0.2) is 51.8 Å². The zero-order valence-electron chi connectivity index (χ0n) is 16.4. The van der Waals surface area contributed by atoms with E-state index in [0.717, 1.165) is 25.2 Å². The molecule has 0 aliphatic carbocycles. The highest BCUT2D eigenvalue weighted by atomic mass is 79.9. The van der Waals surface area contributed by atoms with Gasteiger partial charge in [-0.25, -0.2) is 13.1 Å². The minimum Gasteiger partial charge on any atom is -0.496 e. The van der Waals surface area contributed by atoms with Gasteiger partial charge in [0.1, 0.15) is 18.1 Å². The van der Waals surface area contributed by atoms with Gasteiger partial charge in [0, 0.05) is 18.7 Å². The van der Waals surface area contributed by atoms with Crippen molar-refractivity contribution in [3.63, 3.8) is 0 Å². The lowest BCUT2D eigenvalue weighted by Gasteiger charge is -2.19. The number of ether oxygens (including phenoxy) is 2. The van der Waals surface area contributed by atoms with Gasteiger partial charge in [-0.05, 0) is 53.3 Å². The normalized spacial score (nSPS) is 11.6. The number of halogens is 1. The Labute approximate surface area is 176 Å². The molecule has 0 fully saturated rings. The van der Waals surface area contributed by atoms with E-state index >= 15 is 0 Å². The topological polar surface area (TPSA) is 67.9 Å². The summed E-state index contributed by atoms with van der Waals surface area (Å²) in [4.78, 5) is 2.44. The fraction of sp³-hybridized carbons (Fsp3) is 0.400. The predicted molar refractivity (Wildman–Crippen MR) is 114 cm³/mol. The first-order valence-electron chi connectivity index (χ1n) is 9.17. The van der Waals surface area contributed by atoms with E-state index in [-0.39, 0.29) is 11.4 Å². The van der Waals surface area contributed by atoms with Crippen molar-refractivity contribution in [1.82, 2.24) is 9.62 Å². The lowest BCUT2D eigenvalue weighted by Crippen LogP contribution is -2.28. The largest absolute Gasteiger partial charge is 0.496 e. The molecule has 0 heterocycles. The van der Waals surface area contributed by atoms with E-state index in [9.17, 15) is 8.42 Å². The molecule has 8 heteroatoms. The van der Waals surface area contributed by atoms with Gasteiger partial charge in [0.05, 0.1) is 16.5 Å². The first-order valence-corrected chi connectivity index (χ1v) is 11.4. The van der Waals surface area contributed by atoms with E-state index < -0.39 is 10.0 Å². The highest BCUT2D eigenvalue weighted by Gasteiger charge is 2.16. The van der Waals surface area contributed by atoms with E-state index in [2.05, 4.69) is 39.4 Å². The van der Waals surface area contributed by atoms with Crippen molar-refractivity contribution in [1.29, 1.82) is 0 Å². The van der Waals surface area contributed by atoms with Crippen LogP contribution in [-0.2, 0) is 16.6 Å². The SMILES string of the molecule is CCN(CC)CCOc1ccccc1CNS(=O)(=O)c1ccc(OC)c(Br)c1. The van der Waals surface area contributed by atoms with Crippen molar-refractivity contribution in [2.45, 2.75) is 25.3 Å². The van der Waals surface area contributed by atoms with Crippen LogP contribution >= 0.6 is 15.9 Å². The molecule has 2 aromatic carbocycles. The van der Waals surface area contributed by atoms with E-state index in [1.165, 1.54) is 19.2 Å². The molecular formula is C20H27BrN2O4S. The van der Waals surface area contributed by atoms with Gasteiger partial charge in [0.2, 0.25) is 10.0 Å². The van der Waals surface area contributed by atoms with E-state index in [0.29, 0.717) is 22.6 Å². The number of benzene rings is 2. The minimum atomic E-state index is -3.66. The molecule has 0 saturated heterocycles. The summed E-state index contributed by atoms with van der Waals surface area (Å²) in [6.45, 7) is 7.70. The summed E-state index contributed by atoms with van der Waals surface area (Å²) in [6.07, 6.45) is 0. The summed E-state index contributed by atoms with van der Waals surface area (Å²) in [7, 11) is -2.13. The Kier molecular flexibility index (Phi) is 8.75. The van der Waals surface area contributed by atoms with Gasteiger partial charge in [-0.3, -0.25) is 0 Å². The fourth-order valence-corrected chi connectivity index (χ4v) is 4.41. The van der Waals surface area contributed by atoms with Crippen LogP contribution in [0.4, 0.5) is 0 Å². The van der Waals surface area contributed by atoms with Crippen molar-refractivity contribution in [2.24, 2.45) is 0 Å². The molecule has 0 aliphatic heterocycles. The molecule has 28 heavy (non-hydrogen) atoms. The molecule has 1 N–H and O–H groups in total. The number of rotatable bonds is 11. The van der Waals surface area contributed by atoms with Crippen LogP contribution in [0.1, 0.15) is 19.4 Å². The summed E-state index contributed by atoms with van der Waals surface area (Å²) in [5.74, 6) is 1.26. The van der Waals surface area contributed by atoms with Crippen LogP contribution in [0.25, 0.3) is 0 Å². The molecule has 154 valence electrons. The smallest absolute Gasteiger partial charge is 0.240 e. The molecule has 0 aromatic heterocycles. The van der Waals surface area contributed by atoms with Crippen LogP contribution in [0, 0.1) is 0 Å². The number of para-hydroxylation sites is 1. The molecule has 0 saturated carbocycles. The van der Waals surface area contributed by atoms with Gasteiger partial charge in [0.25, 0.3) is 0 Å². The maximum absolute atomic E-state index is 12.6. The van der Waals surface area contributed by atoms with E-state index in [1.807, 2.05) is 24.3 Å². The Bertz CT molecular complexity index is 870. The molecule has 2 aromatic rings. The zero-order valence-corrected chi connectivity index (χ0v) is 18.8. The molecule has 0 bridgehead atoms. The van der Waals surface area contributed by atoms with Crippen molar-refractivity contribution in [3.05, 3.63) is 52.5 Å². The highest BCUT2D eigenvalue weighted by Crippen LogP contribution is 2.27. The molecule has 0 spiro atoms. The second kappa shape index (κ2) is 10.8. The first kappa shape index (κ1) is 22.7. The Morgan fingerprint density at radius 3 is 2.43 bits per heavy atom. The Morgan fingerprint density at radius 1 is 1.07 bits per heavy atom. The van der Waals surface area contributed by atoms with Crippen molar-refractivity contribution in [2.75, 3.05) is 33.4 Å². The first-order chi connectivity index (χ1) is 13.4. The van der Waals surface area contributed by atoms with Crippen LogP contribution in [0.3, 0.4) is 0 Å². The average molecular weight is 471 g/mol.